The molecule has 1 N–H and O–H groups in total. The number of halogens is 1. The molecule has 0 atom stereocenters. The van der Waals surface area contributed by atoms with Crippen molar-refractivity contribution in [1.29, 1.82) is 0 Å². The minimum absolute atomic E-state index is 0.0629. The Morgan fingerprint density at radius 3 is 2.77 bits per heavy atom. The number of ether oxygens (including phenoxy) is 2. The Labute approximate surface area is 161 Å². The maximum Gasteiger partial charge on any atom is 0.262 e. The summed E-state index contributed by atoms with van der Waals surface area (Å²) in [5.41, 5.74) is 1.75. The van der Waals surface area contributed by atoms with Gasteiger partial charge in [0.15, 0.2) is 6.61 Å². The maximum atomic E-state index is 12.2. The fourth-order valence-corrected chi connectivity index (χ4v) is 3.23. The minimum atomic E-state index is -0.210. The molecule has 134 valence electrons. The number of carbonyl (C=O) groups excluding carboxylic acids is 1. The molecule has 0 aliphatic carbocycles. The van der Waals surface area contributed by atoms with Crippen molar-refractivity contribution in [3.05, 3.63) is 70.7 Å². The molecule has 0 fully saturated rings. The lowest BCUT2D eigenvalue weighted by atomic mass is 10.1. The first-order valence-electron chi connectivity index (χ1n) is 8.44. The molecule has 3 rings (SSSR count). The molecule has 3 aromatic rings. The highest BCUT2D eigenvalue weighted by molar-refractivity contribution is 9.10. The van der Waals surface area contributed by atoms with Gasteiger partial charge in [0.25, 0.3) is 5.91 Å². The Kier molecular flexibility index (Phi) is 6.26. The topological polar surface area (TPSA) is 47.6 Å². The van der Waals surface area contributed by atoms with Gasteiger partial charge in [-0.25, -0.2) is 0 Å². The predicted octanol–water partition coefficient (Wildman–Crippen LogP) is 5.16. The third kappa shape index (κ3) is 4.62. The van der Waals surface area contributed by atoms with Crippen LogP contribution in [-0.2, 0) is 16.1 Å². The van der Waals surface area contributed by atoms with Gasteiger partial charge in [0.1, 0.15) is 5.75 Å². The normalized spacial score (nSPS) is 10.7. The van der Waals surface area contributed by atoms with E-state index in [1.165, 1.54) is 0 Å². The Morgan fingerprint density at radius 1 is 1.08 bits per heavy atom. The van der Waals surface area contributed by atoms with Crippen molar-refractivity contribution in [2.75, 3.05) is 18.5 Å². The summed E-state index contributed by atoms with van der Waals surface area (Å²) in [4.78, 5) is 12.2. The summed E-state index contributed by atoms with van der Waals surface area (Å²) >= 11 is 3.56. The summed E-state index contributed by atoms with van der Waals surface area (Å²) in [5.74, 6) is 0.433. The van der Waals surface area contributed by atoms with Crippen LogP contribution in [0.5, 0.6) is 5.75 Å². The van der Waals surface area contributed by atoms with E-state index < -0.39 is 0 Å². The zero-order valence-corrected chi connectivity index (χ0v) is 16.1. The van der Waals surface area contributed by atoms with Gasteiger partial charge >= 0.3 is 0 Å². The summed E-state index contributed by atoms with van der Waals surface area (Å²) in [7, 11) is 0. The van der Waals surface area contributed by atoms with Gasteiger partial charge < -0.3 is 14.8 Å². The van der Waals surface area contributed by atoms with Gasteiger partial charge in [-0.3, -0.25) is 4.79 Å². The molecule has 1 amide bonds. The summed E-state index contributed by atoms with van der Waals surface area (Å²) < 4.78 is 11.9. The van der Waals surface area contributed by atoms with E-state index in [2.05, 4.69) is 21.2 Å². The summed E-state index contributed by atoms with van der Waals surface area (Å²) in [5, 5.41) is 5.01. The second kappa shape index (κ2) is 8.83. The second-order valence-electron chi connectivity index (χ2n) is 5.77. The lowest BCUT2D eigenvalue weighted by Crippen LogP contribution is -2.20. The Bertz CT molecular complexity index is 911. The molecule has 4 nitrogen and oxygen atoms in total. The van der Waals surface area contributed by atoms with Crippen LogP contribution < -0.4 is 10.1 Å². The number of amides is 1. The Morgan fingerprint density at radius 2 is 1.92 bits per heavy atom. The summed E-state index contributed by atoms with van der Waals surface area (Å²) in [6.45, 7) is 3.08. The zero-order valence-electron chi connectivity index (χ0n) is 14.5. The highest BCUT2D eigenvalue weighted by Gasteiger charge is 2.09. The number of nitrogens with one attached hydrogen (secondary N) is 1. The van der Waals surface area contributed by atoms with Gasteiger partial charge in [0, 0.05) is 12.3 Å². The van der Waals surface area contributed by atoms with Crippen molar-refractivity contribution < 1.29 is 14.3 Å². The smallest absolute Gasteiger partial charge is 0.262 e. The van der Waals surface area contributed by atoms with Crippen molar-refractivity contribution in [3.8, 4) is 5.75 Å². The number of rotatable bonds is 7. The first-order valence-corrected chi connectivity index (χ1v) is 9.23. The molecule has 3 aromatic carbocycles. The molecule has 0 aromatic heterocycles. The van der Waals surface area contributed by atoms with Crippen LogP contribution in [0.3, 0.4) is 0 Å². The molecule has 5 heteroatoms. The highest BCUT2D eigenvalue weighted by atomic mass is 79.9. The first-order chi connectivity index (χ1) is 12.7. The molecular formula is C21H20BrNO3. The van der Waals surface area contributed by atoms with Crippen LogP contribution in [0, 0.1) is 0 Å². The van der Waals surface area contributed by atoms with Crippen LogP contribution in [0.1, 0.15) is 12.5 Å². The molecule has 0 saturated carbocycles. The average molecular weight is 414 g/mol. The van der Waals surface area contributed by atoms with E-state index in [0.717, 1.165) is 26.5 Å². The number of anilines is 1. The monoisotopic (exact) mass is 413 g/mol. The van der Waals surface area contributed by atoms with Crippen LogP contribution in [-0.4, -0.2) is 19.1 Å². The van der Waals surface area contributed by atoms with E-state index in [-0.39, 0.29) is 12.5 Å². The van der Waals surface area contributed by atoms with Crippen LogP contribution in [0.2, 0.25) is 0 Å². The maximum absolute atomic E-state index is 12.2. The van der Waals surface area contributed by atoms with E-state index in [1.54, 1.807) is 0 Å². The van der Waals surface area contributed by atoms with Gasteiger partial charge in [-0.05, 0) is 57.4 Å². The van der Waals surface area contributed by atoms with Crippen LogP contribution >= 0.6 is 15.9 Å². The number of hydrogen-bond donors (Lipinski definition) is 1. The summed E-state index contributed by atoms with van der Waals surface area (Å²) in [6, 6.07) is 19.5. The number of fused-ring (bicyclic) bond motifs is 1. The number of benzene rings is 3. The molecule has 0 aliphatic heterocycles. The Balaban J connectivity index is 1.62. The van der Waals surface area contributed by atoms with Crippen LogP contribution in [0.4, 0.5) is 5.69 Å². The van der Waals surface area contributed by atoms with Crippen molar-refractivity contribution >= 4 is 38.3 Å². The van der Waals surface area contributed by atoms with Gasteiger partial charge in [-0.2, -0.15) is 0 Å². The Hall–Kier alpha value is -2.37. The van der Waals surface area contributed by atoms with Crippen molar-refractivity contribution in [2.45, 2.75) is 13.5 Å². The molecule has 26 heavy (non-hydrogen) atoms. The minimum Gasteiger partial charge on any atom is -0.483 e. The van der Waals surface area contributed by atoms with Gasteiger partial charge in [0.05, 0.1) is 11.1 Å². The fourth-order valence-electron chi connectivity index (χ4n) is 2.62. The third-order valence-electron chi connectivity index (χ3n) is 3.87. The number of carbonyl (C=O) groups is 1. The van der Waals surface area contributed by atoms with Crippen LogP contribution in [0.15, 0.2) is 65.1 Å². The standard InChI is InChI=1S/C21H20BrNO3/c1-2-25-13-15-6-5-8-17(12-15)23-20(24)14-26-19-11-10-16-7-3-4-9-18(16)21(19)22/h3-12H,2,13-14H2,1H3,(H,23,24). The van der Waals surface area contributed by atoms with Gasteiger partial charge in [-0.1, -0.05) is 42.5 Å². The predicted molar refractivity (Wildman–Crippen MR) is 108 cm³/mol. The van der Waals surface area contributed by atoms with E-state index in [9.17, 15) is 4.79 Å². The van der Waals surface area contributed by atoms with E-state index in [4.69, 9.17) is 9.47 Å². The second-order valence-corrected chi connectivity index (χ2v) is 6.57. The molecule has 0 radical (unpaired) electrons. The molecule has 0 spiro atoms. The van der Waals surface area contributed by atoms with Gasteiger partial charge in [-0.15, -0.1) is 0 Å². The zero-order chi connectivity index (χ0) is 18.4. The van der Waals surface area contributed by atoms with Crippen LogP contribution in [0.25, 0.3) is 10.8 Å². The SMILES string of the molecule is CCOCc1cccc(NC(=O)COc2ccc3ccccc3c2Br)c1. The molecule has 0 saturated heterocycles. The largest absolute Gasteiger partial charge is 0.483 e. The quantitative estimate of drug-likeness (QED) is 0.581. The lowest BCUT2D eigenvalue weighted by molar-refractivity contribution is -0.118. The van der Waals surface area contributed by atoms with Crippen molar-refractivity contribution in [3.63, 3.8) is 0 Å². The number of hydrogen-bond acceptors (Lipinski definition) is 3. The van der Waals surface area contributed by atoms with Gasteiger partial charge in [0.2, 0.25) is 0 Å². The molecule has 0 aliphatic rings. The lowest BCUT2D eigenvalue weighted by Gasteiger charge is -2.11. The van der Waals surface area contributed by atoms with E-state index in [1.807, 2.05) is 67.6 Å². The van der Waals surface area contributed by atoms with Crippen molar-refractivity contribution in [1.82, 2.24) is 0 Å². The average Bonchev–Trinajstić information content (AvgIpc) is 2.66. The van der Waals surface area contributed by atoms with E-state index in [0.29, 0.717) is 19.0 Å². The van der Waals surface area contributed by atoms with Crippen molar-refractivity contribution in [2.24, 2.45) is 0 Å². The molecule has 0 heterocycles. The molecular weight excluding hydrogens is 394 g/mol. The fraction of sp³-hybridized carbons (Fsp3) is 0.190. The molecule has 0 unspecified atom stereocenters. The first kappa shape index (κ1) is 18.4. The van der Waals surface area contributed by atoms with E-state index >= 15 is 0 Å². The highest BCUT2D eigenvalue weighted by Crippen LogP contribution is 2.33. The third-order valence-corrected chi connectivity index (χ3v) is 4.69. The summed E-state index contributed by atoms with van der Waals surface area (Å²) in [6.07, 6.45) is 0. The molecule has 0 bridgehead atoms.